The fourth-order valence-corrected chi connectivity index (χ4v) is 8.30. The molecule has 6 atom stereocenters. The molecule has 0 aromatic heterocycles. The molecule has 0 spiro atoms. The highest BCUT2D eigenvalue weighted by Gasteiger charge is 2.35. The van der Waals surface area contributed by atoms with Gasteiger partial charge in [0.05, 0.1) is 19.2 Å². The predicted octanol–water partition coefficient (Wildman–Crippen LogP) is 2.75. The molecule has 20 nitrogen and oxygen atoms in total. The van der Waals surface area contributed by atoms with Crippen molar-refractivity contribution in [3.63, 3.8) is 0 Å². The van der Waals surface area contributed by atoms with Crippen molar-refractivity contribution < 1.29 is 58.4 Å². The van der Waals surface area contributed by atoms with E-state index in [1.54, 1.807) is 13.0 Å². The average molecular weight is 983 g/mol. The lowest BCUT2D eigenvalue weighted by Crippen LogP contribution is -2.59. The third-order valence-corrected chi connectivity index (χ3v) is 12.6. The van der Waals surface area contributed by atoms with Gasteiger partial charge in [-0.3, -0.25) is 33.6 Å². The summed E-state index contributed by atoms with van der Waals surface area (Å²) in [6, 6.07) is 2.50. The standard InChI is InChI=1S/C50H78N8O12/c1-8-9-10-11-12-13-14-15-16-17-18-19-20-21-41(62)57(4)38(30-59)47(66)56-44(51)49(68)52-29-42(63)58(5)43-34-23-25-40(61)36(28-34)35-26-33(22-24-39(35)60)27-37(55-45(64)31(2)53-48(43)67)46(65)54-32(3)50(69-6)70-7/h22-26,28,31-32,37-38,43-44,50,59-61H,8-21,27,29-30,51H2,1-7H3,(H,52,68)(H,53,67)(H,54,65)(H,55,64)(H,56,66)/t31-,32-,37-,38+,43-,44-/m0/s1. The van der Waals surface area contributed by atoms with Crippen LogP contribution in [0.3, 0.4) is 0 Å². The van der Waals surface area contributed by atoms with Crippen LogP contribution in [0, 0.1) is 0 Å². The van der Waals surface area contributed by atoms with Gasteiger partial charge in [0.25, 0.3) is 5.91 Å². The number of phenolic OH excluding ortho intramolecular Hbond substituents is 2. The van der Waals surface area contributed by atoms with Crippen molar-refractivity contribution in [2.75, 3.05) is 41.5 Å². The number of unbranched alkanes of at least 4 members (excludes halogenated alkanes) is 12. The minimum absolute atomic E-state index is 0.0689. The largest absolute Gasteiger partial charge is 0.507 e. The van der Waals surface area contributed by atoms with Crippen LogP contribution >= 0.6 is 0 Å². The summed E-state index contributed by atoms with van der Waals surface area (Å²) in [6.45, 7) is 3.78. The molecular formula is C50H78N8O12. The summed E-state index contributed by atoms with van der Waals surface area (Å²) < 4.78 is 10.5. The molecule has 0 saturated carbocycles. The number of aliphatic hydroxyl groups is 1. The van der Waals surface area contributed by atoms with Crippen LogP contribution in [0.25, 0.3) is 11.1 Å². The summed E-state index contributed by atoms with van der Waals surface area (Å²) in [7, 11) is 5.46. The molecule has 1 aliphatic rings. The van der Waals surface area contributed by atoms with Crippen molar-refractivity contribution >= 4 is 41.4 Å². The molecular weight excluding hydrogens is 905 g/mol. The Morgan fingerprint density at radius 1 is 0.771 bits per heavy atom. The second-order valence-electron chi connectivity index (χ2n) is 18.1. The van der Waals surface area contributed by atoms with Crippen molar-refractivity contribution in [1.82, 2.24) is 36.4 Å². The number of nitrogens with zero attached hydrogens (tertiary/aromatic N) is 2. The number of nitrogens with one attached hydrogen (secondary N) is 5. The maximum absolute atomic E-state index is 14.1. The normalized spacial score (nSPS) is 17.3. The number of amides is 7. The van der Waals surface area contributed by atoms with Crippen LogP contribution in [0.5, 0.6) is 11.5 Å². The van der Waals surface area contributed by atoms with Crippen molar-refractivity contribution in [2.45, 2.75) is 160 Å². The average Bonchev–Trinajstić information content (AvgIpc) is 3.32. The van der Waals surface area contributed by atoms with E-state index < -0.39 is 91.3 Å². The van der Waals surface area contributed by atoms with E-state index in [9.17, 15) is 48.9 Å². The number of rotatable bonds is 27. The smallest absolute Gasteiger partial charge is 0.257 e. The third-order valence-electron chi connectivity index (χ3n) is 12.6. The van der Waals surface area contributed by atoms with E-state index in [1.807, 2.05) is 0 Å². The minimum atomic E-state index is -1.71. The van der Waals surface area contributed by atoms with Gasteiger partial charge in [0.1, 0.15) is 35.7 Å². The molecule has 10 N–H and O–H groups in total. The van der Waals surface area contributed by atoms with Crippen LogP contribution in [0.4, 0.5) is 0 Å². The van der Waals surface area contributed by atoms with Crippen LogP contribution in [0.1, 0.15) is 128 Å². The van der Waals surface area contributed by atoms with E-state index in [0.29, 0.717) is 12.0 Å². The number of benzene rings is 2. The van der Waals surface area contributed by atoms with Gasteiger partial charge in [0.2, 0.25) is 35.4 Å². The molecule has 7 amide bonds. The second kappa shape index (κ2) is 30.0. The van der Waals surface area contributed by atoms with E-state index in [-0.39, 0.29) is 46.9 Å². The number of fused-ring (bicyclic) bond motifs is 5. The zero-order valence-electron chi connectivity index (χ0n) is 42.0. The maximum atomic E-state index is 14.1. The topological polar surface area (TPSA) is 291 Å². The van der Waals surface area contributed by atoms with Gasteiger partial charge in [0, 0.05) is 52.3 Å². The molecule has 3 rings (SSSR count). The number of hydrogen-bond donors (Lipinski definition) is 9. The summed E-state index contributed by atoms with van der Waals surface area (Å²) in [4.78, 5) is 96.5. The molecule has 1 aliphatic heterocycles. The Morgan fingerprint density at radius 3 is 1.90 bits per heavy atom. The van der Waals surface area contributed by atoms with Crippen molar-refractivity contribution in [3.05, 3.63) is 47.5 Å². The van der Waals surface area contributed by atoms with E-state index in [1.165, 1.54) is 117 Å². The summed E-state index contributed by atoms with van der Waals surface area (Å²) in [5, 5.41) is 44.7. The first kappa shape index (κ1) is 58.5. The fourth-order valence-electron chi connectivity index (χ4n) is 8.30. The Hall–Kier alpha value is -5.83. The SMILES string of the molecule is CCCCCCCCCCCCCCCC(=O)N(C)[C@H](CO)C(=O)N[C@H](N)C(=O)NCC(=O)N(C)[C@@H]1C(=O)N[C@@H](C)C(=O)N[C@H](C(=O)N[C@@H](C)C(OC)OC)Cc2ccc(O)c(c2)-c2cc1ccc2O. The van der Waals surface area contributed by atoms with Crippen molar-refractivity contribution in [2.24, 2.45) is 5.73 Å². The Bertz CT molecular complexity index is 2050. The molecule has 0 unspecified atom stereocenters. The number of nitrogens with two attached hydrogens (primary N) is 1. The van der Waals surface area contributed by atoms with E-state index in [4.69, 9.17) is 15.2 Å². The first-order chi connectivity index (χ1) is 33.4. The number of ether oxygens (including phenoxy) is 2. The van der Waals surface area contributed by atoms with E-state index in [0.717, 1.165) is 35.5 Å². The number of aromatic hydroxyl groups is 2. The fraction of sp³-hybridized carbons (Fsp3) is 0.620. The first-order valence-electron chi connectivity index (χ1n) is 24.5. The Kier molecular flexibility index (Phi) is 25.1. The van der Waals surface area contributed by atoms with Crippen LogP contribution < -0.4 is 32.3 Å². The lowest BCUT2D eigenvalue weighted by molar-refractivity contribution is -0.142. The Balaban J connectivity index is 1.67. The summed E-state index contributed by atoms with van der Waals surface area (Å²) in [5.41, 5.74) is 6.81. The number of carbonyl (C=O) groups excluding carboxylic acids is 7. The summed E-state index contributed by atoms with van der Waals surface area (Å²) in [5.74, 6) is -5.84. The Morgan fingerprint density at radius 2 is 1.33 bits per heavy atom. The van der Waals surface area contributed by atoms with Gasteiger partial charge in [-0.05, 0) is 55.7 Å². The highest BCUT2D eigenvalue weighted by molar-refractivity contribution is 5.97. The molecule has 20 heteroatoms. The third kappa shape index (κ3) is 17.8. The van der Waals surface area contributed by atoms with Gasteiger partial charge in [-0.25, -0.2) is 0 Å². The zero-order chi connectivity index (χ0) is 51.9. The molecule has 2 aromatic carbocycles. The molecule has 2 aromatic rings. The highest BCUT2D eigenvalue weighted by Crippen LogP contribution is 2.38. The molecule has 0 saturated heterocycles. The van der Waals surface area contributed by atoms with Gasteiger partial charge in [0.15, 0.2) is 12.5 Å². The molecule has 390 valence electrons. The Labute approximate surface area is 412 Å². The first-order valence-corrected chi connectivity index (χ1v) is 24.5. The zero-order valence-corrected chi connectivity index (χ0v) is 42.0. The van der Waals surface area contributed by atoms with Gasteiger partial charge in [-0.15, -0.1) is 0 Å². The predicted molar refractivity (Wildman–Crippen MR) is 262 cm³/mol. The lowest BCUT2D eigenvalue weighted by atomic mass is 9.93. The molecule has 4 bridgehead atoms. The van der Waals surface area contributed by atoms with Gasteiger partial charge in [-0.2, -0.15) is 0 Å². The minimum Gasteiger partial charge on any atom is -0.507 e. The van der Waals surface area contributed by atoms with Crippen LogP contribution in [0.15, 0.2) is 36.4 Å². The number of methoxy groups -OCH3 is 2. The summed E-state index contributed by atoms with van der Waals surface area (Å²) in [6.07, 6.45) is 12.5. The maximum Gasteiger partial charge on any atom is 0.257 e. The van der Waals surface area contributed by atoms with Crippen LogP contribution in [-0.2, 0) is 49.5 Å². The number of carbonyl (C=O) groups is 7. The molecule has 70 heavy (non-hydrogen) atoms. The highest BCUT2D eigenvalue weighted by atomic mass is 16.7. The quantitative estimate of drug-likeness (QED) is 0.0461. The summed E-state index contributed by atoms with van der Waals surface area (Å²) >= 11 is 0. The monoisotopic (exact) mass is 983 g/mol. The number of likely N-dealkylation sites (N-methyl/N-ethyl adjacent to an activating group) is 2. The molecule has 0 fully saturated rings. The second-order valence-corrected chi connectivity index (χ2v) is 18.1. The van der Waals surface area contributed by atoms with Crippen molar-refractivity contribution in [1.29, 1.82) is 0 Å². The van der Waals surface area contributed by atoms with Gasteiger partial charge < -0.3 is 66.9 Å². The van der Waals surface area contributed by atoms with Crippen LogP contribution in [-0.4, -0.2) is 145 Å². The molecule has 0 aliphatic carbocycles. The van der Waals surface area contributed by atoms with E-state index in [2.05, 4.69) is 33.5 Å². The lowest BCUT2D eigenvalue weighted by Gasteiger charge is -2.30. The molecule has 1 heterocycles. The molecule has 0 radical (unpaired) electrons. The number of phenols is 2. The van der Waals surface area contributed by atoms with E-state index >= 15 is 0 Å². The van der Waals surface area contributed by atoms with Gasteiger partial charge in [-0.1, -0.05) is 96.1 Å². The van der Waals surface area contributed by atoms with Gasteiger partial charge >= 0.3 is 0 Å². The number of hydrogen-bond acceptors (Lipinski definition) is 13. The van der Waals surface area contributed by atoms with Crippen molar-refractivity contribution in [3.8, 4) is 22.6 Å². The van der Waals surface area contributed by atoms with Crippen LogP contribution in [0.2, 0.25) is 0 Å². The number of aliphatic hydroxyl groups excluding tert-OH is 1.